The fourth-order valence-electron chi connectivity index (χ4n) is 1.47. The Morgan fingerprint density at radius 2 is 2.20 bits per heavy atom. The molecule has 0 saturated carbocycles. The van der Waals surface area contributed by atoms with Crippen molar-refractivity contribution in [3.63, 3.8) is 0 Å². The zero-order chi connectivity index (χ0) is 14.5. The number of aromatic carboxylic acids is 1. The SMILES string of the molecule is O=C(NCc1nccs1)Nc1cc(Br)ccc1C(=O)O. The van der Waals surface area contributed by atoms with Crippen LogP contribution in [0.25, 0.3) is 0 Å². The van der Waals surface area contributed by atoms with Crippen molar-refractivity contribution in [3.8, 4) is 0 Å². The lowest BCUT2D eigenvalue weighted by Gasteiger charge is -2.09. The molecule has 0 spiro atoms. The third kappa shape index (κ3) is 3.78. The molecule has 0 radical (unpaired) electrons. The quantitative estimate of drug-likeness (QED) is 0.786. The maximum Gasteiger partial charge on any atom is 0.337 e. The summed E-state index contributed by atoms with van der Waals surface area (Å²) in [6.07, 6.45) is 1.65. The first kappa shape index (κ1) is 14.5. The van der Waals surface area contributed by atoms with E-state index < -0.39 is 12.0 Å². The summed E-state index contributed by atoms with van der Waals surface area (Å²) < 4.78 is 0.678. The largest absolute Gasteiger partial charge is 0.478 e. The molecule has 1 aromatic carbocycles. The maximum atomic E-state index is 11.7. The van der Waals surface area contributed by atoms with Gasteiger partial charge in [-0.3, -0.25) is 0 Å². The van der Waals surface area contributed by atoms with Gasteiger partial charge in [-0.1, -0.05) is 15.9 Å². The highest BCUT2D eigenvalue weighted by molar-refractivity contribution is 9.10. The zero-order valence-electron chi connectivity index (χ0n) is 10.1. The Morgan fingerprint density at radius 3 is 2.85 bits per heavy atom. The van der Waals surface area contributed by atoms with Crippen LogP contribution in [0, 0.1) is 0 Å². The van der Waals surface area contributed by atoms with Crippen LogP contribution >= 0.6 is 27.3 Å². The highest BCUT2D eigenvalue weighted by atomic mass is 79.9. The molecule has 0 bridgehead atoms. The van der Waals surface area contributed by atoms with Gasteiger partial charge >= 0.3 is 12.0 Å². The zero-order valence-corrected chi connectivity index (χ0v) is 12.5. The van der Waals surface area contributed by atoms with Crippen molar-refractivity contribution in [3.05, 3.63) is 44.8 Å². The Balaban J connectivity index is 2.03. The Kier molecular flexibility index (Phi) is 4.70. The van der Waals surface area contributed by atoms with Crippen LogP contribution in [0.1, 0.15) is 15.4 Å². The number of benzene rings is 1. The van der Waals surface area contributed by atoms with Gasteiger partial charge in [0.05, 0.1) is 17.8 Å². The molecule has 2 amide bonds. The molecule has 0 aliphatic heterocycles. The van der Waals surface area contributed by atoms with E-state index in [1.54, 1.807) is 12.3 Å². The van der Waals surface area contributed by atoms with Crippen LogP contribution in [-0.2, 0) is 6.54 Å². The second-order valence-electron chi connectivity index (χ2n) is 3.73. The third-order valence-electron chi connectivity index (χ3n) is 2.34. The fraction of sp³-hybridized carbons (Fsp3) is 0.0833. The smallest absolute Gasteiger partial charge is 0.337 e. The van der Waals surface area contributed by atoms with Gasteiger partial charge in [-0.25, -0.2) is 14.6 Å². The van der Waals surface area contributed by atoms with E-state index in [2.05, 4.69) is 31.5 Å². The van der Waals surface area contributed by atoms with Crippen molar-refractivity contribution < 1.29 is 14.7 Å². The fourth-order valence-corrected chi connectivity index (χ4v) is 2.39. The molecule has 2 aromatic rings. The average molecular weight is 356 g/mol. The Morgan fingerprint density at radius 1 is 1.40 bits per heavy atom. The first-order valence-corrected chi connectivity index (χ1v) is 7.19. The van der Waals surface area contributed by atoms with Gasteiger partial charge in [0.2, 0.25) is 0 Å². The van der Waals surface area contributed by atoms with E-state index in [1.165, 1.54) is 23.5 Å². The molecule has 1 aromatic heterocycles. The summed E-state index contributed by atoms with van der Waals surface area (Å²) in [5, 5.41) is 16.8. The molecule has 2 rings (SSSR count). The summed E-state index contributed by atoms with van der Waals surface area (Å²) in [5.74, 6) is -1.10. The molecule has 0 saturated heterocycles. The number of urea groups is 1. The number of aromatic nitrogens is 1. The molecule has 6 nitrogen and oxygen atoms in total. The van der Waals surface area contributed by atoms with Crippen molar-refractivity contribution in [2.45, 2.75) is 6.54 Å². The lowest BCUT2D eigenvalue weighted by molar-refractivity contribution is 0.0698. The summed E-state index contributed by atoms with van der Waals surface area (Å²) in [6.45, 7) is 0.292. The number of rotatable bonds is 4. The highest BCUT2D eigenvalue weighted by Crippen LogP contribution is 2.21. The Labute approximate surface area is 127 Å². The molecule has 3 N–H and O–H groups in total. The number of hydrogen-bond donors (Lipinski definition) is 3. The Hall–Kier alpha value is -1.93. The number of thiazole rings is 1. The minimum Gasteiger partial charge on any atom is -0.478 e. The first-order valence-electron chi connectivity index (χ1n) is 5.52. The van der Waals surface area contributed by atoms with Gasteiger partial charge in [0.1, 0.15) is 5.01 Å². The first-order chi connectivity index (χ1) is 9.56. The van der Waals surface area contributed by atoms with Crippen molar-refractivity contribution in [2.75, 3.05) is 5.32 Å². The van der Waals surface area contributed by atoms with Gasteiger partial charge in [-0.2, -0.15) is 0 Å². The van der Waals surface area contributed by atoms with E-state index in [0.717, 1.165) is 5.01 Å². The van der Waals surface area contributed by atoms with Gasteiger partial charge in [-0.15, -0.1) is 11.3 Å². The number of hydrogen-bond acceptors (Lipinski definition) is 4. The van der Waals surface area contributed by atoms with E-state index in [4.69, 9.17) is 5.11 Å². The number of nitrogens with zero attached hydrogens (tertiary/aromatic N) is 1. The van der Waals surface area contributed by atoms with E-state index in [9.17, 15) is 9.59 Å². The molecule has 1 heterocycles. The summed E-state index contributed by atoms with van der Waals surface area (Å²) in [6, 6.07) is 4.07. The van der Waals surface area contributed by atoms with Crippen molar-refractivity contribution >= 4 is 45.0 Å². The lowest BCUT2D eigenvalue weighted by atomic mass is 10.2. The number of halogens is 1. The van der Waals surface area contributed by atoms with E-state index >= 15 is 0 Å². The summed E-state index contributed by atoms with van der Waals surface area (Å²) in [7, 11) is 0. The van der Waals surface area contributed by atoms with Crippen LogP contribution in [-0.4, -0.2) is 22.1 Å². The van der Waals surface area contributed by atoms with Crippen LogP contribution in [0.2, 0.25) is 0 Å². The minimum absolute atomic E-state index is 0.0256. The van der Waals surface area contributed by atoms with E-state index in [-0.39, 0.29) is 11.3 Å². The predicted octanol–water partition coefficient (Wildman–Crippen LogP) is 2.93. The predicted molar refractivity (Wildman–Crippen MR) is 79.1 cm³/mol. The van der Waals surface area contributed by atoms with Crippen LogP contribution in [0.5, 0.6) is 0 Å². The number of nitrogens with one attached hydrogen (secondary N) is 2. The lowest BCUT2D eigenvalue weighted by Crippen LogP contribution is -2.28. The van der Waals surface area contributed by atoms with Crippen LogP contribution in [0.4, 0.5) is 10.5 Å². The molecule has 20 heavy (non-hydrogen) atoms. The molecular formula is C12H10BrN3O3S. The van der Waals surface area contributed by atoms with Gasteiger partial charge in [0.15, 0.2) is 0 Å². The second-order valence-corrected chi connectivity index (χ2v) is 5.62. The van der Waals surface area contributed by atoms with E-state index in [0.29, 0.717) is 11.0 Å². The van der Waals surface area contributed by atoms with Crippen LogP contribution in [0.15, 0.2) is 34.2 Å². The number of amides is 2. The number of anilines is 1. The summed E-state index contributed by atoms with van der Waals surface area (Å²) in [5.41, 5.74) is 0.251. The number of carboxylic acids is 1. The van der Waals surface area contributed by atoms with E-state index in [1.807, 2.05) is 5.38 Å². The third-order valence-corrected chi connectivity index (χ3v) is 3.62. The summed E-state index contributed by atoms with van der Waals surface area (Å²) in [4.78, 5) is 26.8. The van der Waals surface area contributed by atoms with Gasteiger partial charge < -0.3 is 15.7 Å². The van der Waals surface area contributed by atoms with Gasteiger partial charge in [0.25, 0.3) is 0 Å². The molecule has 104 valence electrons. The number of carboxylic acid groups (broad SMARTS) is 1. The molecule has 8 heteroatoms. The van der Waals surface area contributed by atoms with Crippen LogP contribution in [0.3, 0.4) is 0 Å². The van der Waals surface area contributed by atoms with Gasteiger partial charge in [0, 0.05) is 16.0 Å². The highest BCUT2D eigenvalue weighted by Gasteiger charge is 2.12. The topological polar surface area (TPSA) is 91.3 Å². The number of carbonyl (C=O) groups is 2. The number of carbonyl (C=O) groups excluding carboxylic acids is 1. The Bertz CT molecular complexity index is 631. The molecule has 0 unspecified atom stereocenters. The van der Waals surface area contributed by atoms with Crippen molar-refractivity contribution in [1.82, 2.24) is 10.3 Å². The molecule has 0 fully saturated rings. The average Bonchev–Trinajstić information content (AvgIpc) is 2.89. The van der Waals surface area contributed by atoms with Gasteiger partial charge in [-0.05, 0) is 18.2 Å². The molecule has 0 atom stereocenters. The molecule has 0 aliphatic carbocycles. The summed E-state index contributed by atoms with van der Waals surface area (Å²) >= 11 is 4.66. The maximum absolute atomic E-state index is 11.7. The van der Waals surface area contributed by atoms with Crippen molar-refractivity contribution in [1.29, 1.82) is 0 Å². The van der Waals surface area contributed by atoms with Crippen molar-refractivity contribution in [2.24, 2.45) is 0 Å². The standard InChI is InChI=1S/C12H10BrN3O3S/c13-7-1-2-8(11(17)18)9(5-7)16-12(19)15-6-10-14-3-4-20-10/h1-5H,6H2,(H,17,18)(H2,15,16,19). The molecular weight excluding hydrogens is 346 g/mol. The van der Waals surface area contributed by atoms with Crippen LogP contribution < -0.4 is 10.6 Å². The normalized spacial score (nSPS) is 10.1. The molecule has 0 aliphatic rings. The monoisotopic (exact) mass is 355 g/mol. The minimum atomic E-state index is -1.10. The second kappa shape index (κ2) is 6.49.